The highest BCUT2D eigenvalue weighted by Gasteiger charge is 2.36. The van der Waals surface area contributed by atoms with Gasteiger partial charge in [0.15, 0.2) is 5.82 Å². The van der Waals surface area contributed by atoms with Crippen molar-refractivity contribution in [3.63, 3.8) is 0 Å². The third kappa shape index (κ3) is 1.25. The molecule has 0 spiro atoms. The monoisotopic (exact) mass is 192 g/mol. The van der Waals surface area contributed by atoms with Gasteiger partial charge in [-0.3, -0.25) is 5.10 Å². The van der Waals surface area contributed by atoms with Gasteiger partial charge in [-0.05, 0) is 25.8 Å². The number of aromatic amines is 1. The van der Waals surface area contributed by atoms with Gasteiger partial charge in [0, 0.05) is 17.9 Å². The van der Waals surface area contributed by atoms with Crippen molar-refractivity contribution in [3.8, 4) is 0 Å². The van der Waals surface area contributed by atoms with E-state index in [2.05, 4.69) is 27.4 Å². The molecule has 2 aliphatic rings. The lowest BCUT2D eigenvalue weighted by Gasteiger charge is -2.17. The molecule has 1 aromatic heterocycles. The molecule has 0 amide bonds. The molecule has 4 nitrogen and oxygen atoms in total. The zero-order valence-electron chi connectivity index (χ0n) is 8.51. The van der Waals surface area contributed by atoms with Crippen LogP contribution in [0.15, 0.2) is 0 Å². The van der Waals surface area contributed by atoms with E-state index >= 15 is 0 Å². The molecule has 1 aliphatic carbocycles. The van der Waals surface area contributed by atoms with E-state index in [0.717, 1.165) is 31.2 Å². The van der Waals surface area contributed by atoms with Crippen molar-refractivity contribution >= 4 is 0 Å². The summed E-state index contributed by atoms with van der Waals surface area (Å²) in [5.41, 5.74) is 0.156. The zero-order valence-corrected chi connectivity index (χ0v) is 8.51. The minimum Gasteiger partial charge on any atom is -0.316 e. The van der Waals surface area contributed by atoms with Gasteiger partial charge in [-0.2, -0.15) is 5.10 Å². The second-order valence-corrected chi connectivity index (χ2v) is 4.81. The summed E-state index contributed by atoms with van der Waals surface area (Å²) in [7, 11) is 0. The Balaban J connectivity index is 1.87. The SMILES string of the molecule is CC1(c2n[nH]c(C3CC3)n2)CCNC1. The van der Waals surface area contributed by atoms with Gasteiger partial charge in [0.2, 0.25) is 0 Å². The third-order valence-electron chi connectivity index (χ3n) is 3.38. The Hall–Kier alpha value is -0.900. The molecule has 0 radical (unpaired) electrons. The first-order chi connectivity index (χ1) is 6.78. The number of hydrogen-bond acceptors (Lipinski definition) is 3. The Kier molecular flexibility index (Phi) is 1.68. The highest BCUT2D eigenvalue weighted by Crippen LogP contribution is 2.38. The molecule has 76 valence electrons. The first kappa shape index (κ1) is 8.41. The summed E-state index contributed by atoms with van der Waals surface area (Å²) in [5.74, 6) is 2.78. The molecular weight excluding hydrogens is 176 g/mol. The summed E-state index contributed by atoms with van der Waals surface area (Å²) in [6.45, 7) is 4.34. The van der Waals surface area contributed by atoms with E-state index in [4.69, 9.17) is 0 Å². The van der Waals surface area contributed by atoms with Crippen molar-refractivity contribution in [2.75, 3.05) is 13.1 Å². The summed E-state index contributed by atoms with van der Waals surface area (Å²) < 4.78 is 0. The van der Waals surface area contributed by atoms with Crippen LogP contribution in [0.3, 0.4) is 0 Å². The molecule has 1 atom stereocenters. The Morgan fingerprint density at radius 3 is 2.93 bits per heavy atom. The number of nitrogens with zero attached hydrogens (tertiary/aromatic N) is 2. The van der Waals surface area contributed by atoms with E-state index in [1.807, 2.05) is 0 Å². The van der Waals surface area contributed by atoms with Crippen LogP contribution in [0.1, 0.15) is 43.8 Å². The molecule has 0 aromatic carbocycles. The number of rotatable bonds is 2. The Morgan fingerprint density at radius 1 is 1.43 bits per heavy atom. The molecule has 1 aliphatic heterocycles. The van der Waals surface area contributed by atoms with E-state index in [1.165, 1.54) is 12.8 Å². The lowest BCUT2D eigenvalue weighted by Crippen LogP contribution is -2.26. The fourth-order valence-corrected chi connectivity index (χ4v) is 2.09. The van der Waals surface area contributed by atoms with Crippen molar-refractivity contribution in [1.29, 1.82) is 0 Å². The molecule has 3 rings (SSSR count). The van der Waals surface area contributed by atoms with Gasteiger partial charge in [-0.15, -0.1) is 0 Å². The van der Waals surface area contributed by atoms with Crippen LogP contribution in [-0.2, 0) is 5.41 Å². The highest BCUT2D eigenvalue weighted by atomic mass is 15.2. The standard InChI is InChI=1S/C10H16N4/c1-10(4-5-11-6-10)9-12-8(13-14-9)7-2-3-7/h7,11H,2-6H2,1H3,(H,12,13,14). The quantitative estimate of drug-likeness (QED) is 0.733. The summed E-state index contributed by atoms with van der Waals surface area (Å²) in [6, 6.07) is 0. The van der Waals surface area contributed by atoms with Crippen LogP contribution in [0.25, 0.3) is 0 Å². The lowest BCUT2D eigenvalue weighted by atomic mass is 9.89. The van der Waals surface area contributed by atoms with Crippen molar-refractivity contribution in [1.82, 2.24) is 20.5 Å². The topological polar surface area (TPSA) is 53.6 Å². The van der Waals surface area contributed by atoms with Gasteiger partial charge in [0.05, 0.1) is 0 Å². The minimum atomic E-state index is 0.156. The number of H-pyrrole nitrogens is 1. The van der Waals surface area contributed by atoms with E-state index in [0.29, 0.717) is 5.92 Å². The summed E-state index contributed by atoms with van der Waals surface area (Å²) >= 11 is 0. The average Bonchev–Trinajstić information content (AvgIpc) is 2.75. The molecule has 0 bridgehead atoms. The van der Waals surface area contributed by atoms with Crippen molar-refractivity contribution in [3.05, 3.63) is 11.6 Å². The molecule has 2 N–H and O–H groups in total. The lowest BCUT2D eigenvalue weighted by molar-refractivity contribution is 0.491. The molecular formula is C10H16N4. The molecule has 4 heteroatoms. The largest absolute Gasteiger partial charge is 0.316 e. The molecule has 14 heavy (non-hydrogen) atoms. The molecule has 1 saturated heterocycles. The number of nitrogens with one attached hydrogen (secondary N) is 2. The van der Waals surface area contributed by atoms with E-state index in [9.17, 15) is 0 Å². The second-order valence-electron chi connectivity index (χ2n) is 4.81. The average molecular weight is 192 g/mol. The van der Waals surface area contributed by atoms with Gasteiger partial charge < -0.3 is 5.32 Å². The summed E-state index contributed by atoms with van der Waals surface area (Å²) in [6.07, 6.45) is 3.71. The predicted octanol–water partition coefficient (Wildman–Crippen LogP) is 0.933. The van der Waals surface area contributed by atoms with Crippen molar-refractivity contribution in [2.24, 2.45) is 0 Å². The molecule has 1 aromatic rings. The molecule has 2 fully saturated rings. The van der Waals surface area contributed by atoms with Gasteiger partial charge in [0.25, 0.3) is 0 Å². The van der Waals surface area contributed by atoms with Crippen LogP contribution >= 0.6 is 0 Å². The molecule has 1 saturated carbocycles. The zero-order chi connectivity index (χ0) is 9.60. The van der Waals surface area contributed by atoms with Gasteiger partial charge >= 0.3 is 0 Å². The fourth-order valence-electron chi connectivity index (χ4n) is 2.09. The van der Waals surface area contributed by atoms with Gasteiger partial charge in [-0.25, -0.2) is 4.98 Å². The molecule has 2 heterocycles. The van der Waals surface area contributed by atoms with Crippen LogP contribution in [0, 0.1) is 0 Å². The van der Waals surface area contributed by atoms with Crippen LogP contribution in [0.5, 0.6) is 0 Å². The number of aromatic nitrogens is 3. The predicted molar refractivity (Wildman–Crippen MR) is 53.2 cm³/mol. The van der Waals surface area contributed by atoms with E-state index < -0.39 is 0 Å². The van der Waals surface area contributed by atoms with Crippen LogP contribution in [0.4, 0.5) is 0 Å². The van der Waals surface area contributed by atoms with Crippen molar-refractivity contribution < 1.29 is 0 Å². The number of hydrogen-bond donors (Lipinski definition) is 2. The first-order valence-electron chi connectivity index (χ1n) is 5.41. The highest BCUT2D eigenvalue weighted by molar-refractivity contribution is 5.13. The maximum absolute atomic E-state index is 4.62. The maximum Gasteiger partial charge on any atom is 0.157 e. The normalized spacial score (nSPS) is 32.4. The molecule has 1 unspecified atom stereocenters. The van der Waals surface area contributed by atoms with E-state index in [1.54, 1.807) is 0 Å². The maximum atomic E-state index is 4.62. The Labute approximate surface area is 83.5 Å². The fraction of sp³-hybridized carbons (Fsp3) is 0.800. The van der Waals surface area contributed by atoms with Crippen LogP contribution in [-0.4, -0.2) is 28.3 Å². The first-order valence-corrected chi connectivity index (χ1v) is 5.41. The third-order valence-corrected chi connectivity index (χ3v) is 3.38. The van der Waals surface area contributed by atoms with Crippen LogP contribution in [0.2, 0.25) is 0 Å². The van der Waals surface area contributed by atoms with Crippen LogP contribution < -0.4 is 5.32 Å². The second kappa shape index (κ2) is 2.79. The summed E-state index contributed by atoms with van der Waals surface area (Å²) in [5, 5.41) is 10.8. The Morgan fingerprint density at radius 2 is 2.29 bits per heavy atom. The summed E-state index contributed by atoms with van der Waals surface area (Å²) in [4.78, 5) is 4.62. The Bertz CT molecular complexity index is 334. The van der Waals surface area contributed by atoms with Gasteiger partial charge in [0.1, 0.15) is 5.82 Å². The smallest absolute Gasteiger partial charge is 0.157 e. The van der Waals surface area contributed by atoms with Crippen molar-refractivity contribution in [2.45, 2.75) is 37.5 Å². The van der Waals surface area contributed by atoms with E-state index in [-0.39, 0.29) is 5.41 Å². The minimum absolute atomic E-state index is 0.156. The van der Waals surface area contributed by atoms with Gasteiger partial charge in [-0.1, -0.05) is 6.92 Å².